The van der Waals surface area contributed by atoms with Gasteiger partial charge in [-0.05, 0) is 51.1 Å². The van der Waals surface area contributed by atoms with Crippen LogP contribution in [0.25, 0.3) is 11.0 Å². The fourth-order valence-electron chi connectivity index (χ4n) is 3.04. The minimum absolute atomic E-state index is 0.0135. The summed E-state index contributed by atoms with van der Waals surface area (Å²) in [6.45, 7) is 3.98. The van der Waals surface area contributed by atoms with Gasteiger partial charge in [0.1, 0.15) is 0 Å². The summed E-state index contributed by atoms with van der Waals surface area (Å²) in [6.07, 6.45) is 3.72. The van der Waals surface area contributed by atoms with Gasteiger partial charge < -0.3 is 9.88 Å². The van der Waals surface area contributed by atoms with E-state index in [2.05, 4.69) is 23.0 Å². The highest BCUT2D eigenvalue weighted by atomic mass is 16.1. The van der Waals surface area contributed by atoms with E-state index in [1.54, 1.807) is 0 Å². The Morgan fingerprint density at radius 1 is 1.37 bits per heavy atom. The Hall–Kier alpha value is -1.55. The first-order chi connectivity index (χ1) is 9.15. The summed E-state index contributed by atoms with van der Waals surface area (Å²) in [5.74, 6) is 0. The first-order valence-electron chi connectivity index (χ1n) is 7.04. The molecular formula is C15H21N3O. The molecule has 2 aromatic rings. The molecule has 102 valence electrons. The lowest BCUT2D eigenvalue weighted by Crippen LogP contribution is -2.40. The average Bonchev–Trinajstić information content (AvgIpc) is 2.68. The summed E-state index contributed by atoms with van der Waals surface area (Å²) in [5.41, 5.74) is 3.16. The van der Waals surface area contributed by atoms with Gasteiger partial charge in [0, 0.05) is 12.6 Å². The van der Waals surface area contributed by atoms with Gasteiger partial charge in [-0.1, -0.05) is 12.5 Å². The van der Waals surface area contributed by atoms with Gasteiger partial charge in [0.15, 0.2) is 0 Å². The number of aromatic nitrogens is 2. The van der Waals surface area contributed by atoms with Gasteiger partial charge in [-0.25, -0.2) is 4.79 Å². The summed E-state index contributed by atoms with van der Waals surface area (Å²) in [6, 6.07) is 6.63. The first kappa shape index (κ1) is 12.5. The number of nitrogens with zero attached hydrogens (tertiary/aromatic N) is 2. The van der Waals surface area contributed by atoms with Crippen LogP contribution < -0.4 is 5.69 Å². The van der Waals surface area contributed by atoms with Gasteiger partial charge in [0.05, 0.1) is 11.0 Å². The Kier molecular flexibility index (Phi) is 3.19. The van der Waals surface area contributed by atoms with Gasteiger partial charge in [-0.3, -0.25) is 4.57 Å². The number of piperidine rings is 1. The Bertz CT molecular complexity index is 640. The van der Waals surface area contributed by atoms with Crippen molar-refractivity contribution in [2.75, 3.05) is 13.6 Å². The van der Waals surface area contributed by atoms with E-state index in [1.807, 2.05) is 23.6 Å². The second-order valence-corrected chi connectivity index (χ2v) is 5.69. The summed E-state index contributed by atoms with van der Waals surface area (Å²) in [7, 11) is 2.16. The molecule has 1 saturated heterocycles. The molecule has 0 radical (unpaired) electrons. The number of likely N-dealkylation sites (tertiary alicyclic amines) is 1. The molecule has 0 spiro atoms. The van der Waals surface area contributed by atoms with E-state index in [9.17, 15) is 4.79 Å². The molecule has 2 heterocycles. The second kappa shape index (κ2) is 4.85. The lowest BCUT2D eigenvalue weighted by molar-refractivity contribution is 0.167. The fourth-order valence-corrected chi connectivity index (χ4v) is 3.04. The molecule has 0 aliphatic carbocycles. The maximum absolute atomic E-state index is 12.1. The van der Waals surface area contributed by atoms with Crippen LogP contribution >= 0.6 is 0 Å². The molecule has 0 amide bonds. The number of benzene rings is 1. The van der Waals surface area contributed by atoms with Crippen LogP contribution in [-0.4, -0.2) is 34.1 Å². The molecule has 4 heteroatoms. The molecule has 1 aliphatic rings. The highest BCUT2D eigenvalue weighted by Crippen LogP contribution is 2.18. The van der Waals surface area contributed by atoms with Gasteiger partial charge in [0.2, 0.25) is 0 Å². The zero-order chi connectivity index (χ0) is 13.4. The number of H-pyrrole nitrogens is 1. The molecule has 1 aliphatic heterocycles. The third-order valence-corrected chi connectivity index (χ3v) is 4.24. The molecule has 1 atom stereocenters. The number of aryl methyl sites for hydroxylation is 1. The molecular weight excluding hydrogens is 238 g/mol. The van der Waals surface area contributed by atoms with Crippen LogP contribution in [0.15, 0.2) is 23.0 Å². The monoisotopic (exact) mass is 259 g/mol. The van der Waals surface area contributed by atoms with Crippen LogP contribution in [0, 0.1) is 6.92 Å². The lowest BCUT2D eigenvalue weighted by atomic mass is 10.0. The standard InChI is InChI=1S/C15H21N3O/c1-11-6-7-14-13(9-11)16-15(19)18(14)10-12-5-3-4-8-17(12)2/h6-7,9,12H,3-5,8,10H2,1-2H3,(H,16,19). The van der Waals surface area contributed by atoms with Gasteiger partial charge >= 0.3 is 5.69 Å². The first-order valence-corrected chi connectivity index (χ1v) is 7.04. The van der Waals surface area contributed by atoms with Crippen molar-refractivity contribution in [3.63, 3.8) is 0 Å². The number of hydrogen-bond donors (Lipinski definition) is 1. The predicted octanol–water partition coefficient (Wildman–Crippen LogP) is 2.12. The highest BCUT2D eigenvalue weighted by Gasteiger charge is 2.20. The van der Waals surface area contributed by atoms with Crippen LogP contribution in [-0.2, 0) is 6.54 Å². The van der Waals surface area contributed by atoms with Crippen molar-refractivity contribution in [3.8, 4) is 0 Å². The number of rotatable bonds is 2. The molecule has 1 unspecified atom stereocenters. The van der Waals surface area contributed by atoms with Crippen molar-refractivity contribution in [1.29, 1.82) is 0 Å². The van der Waals surface area contributed by atoms with Crippen LogP contribution in [0.2, 0.25) is 0 Å². The third-order valence-electron chi connectivity index (χ3n) is 4.24. The number of aromatic amines is 1. The van der Waals surface area contributed by atoms with E-state index in [0.717, 1.165) is 24.1 Å². The summed E-state index contributed by atoms with van der Waals surface area (Å²) in [4.78, 5) is 17.5. The van der Waals surface area contributed by atoms with Crippen LogP contribution in [0.4, 0.5) is 0 Å². The molecule has 19 heavy (non-hydrogen) atoms. The third kappa shape index (κ3) is 2.32. The molecule has 1 aromatic heterocycles. The Morgan fingerprint density at radius 3 is 3.00 bits per heavy atom. The van der Waals surface area contributed by atoms with E-state index in [1.165, 1.54) is 24.8 Å². The Morgan fingerprint density at radius 2 is 2.21 bits per heavy atom. The van der Waals surface area contributed by atoms with E-state index in [0.29, 0.717) is 6.04 Å². The van der Waals surface area contributed by atoms with Crippen molar-refractivity contribution in [1.82, 2.24) is 14.5 Å². The number of imidazole rings is 1. The van der Waals surface area contributed by atoms with Crippen molar-refractivity contribution in [2.45, 2.75) is 38.8 Å². The second-order valence-electron chi connectivity index (χ2n) is 5.69. The molecule has 1 aromatic carbocycles. The number of nitrogens with one attached hydrogen (secondary N) is 1. The Labute approximate surface area is 113 Å². The van der Waals surface area contributed by atoms with E-state index in [-0.39, 0.29) is 5.69 Å². The molecule has 1 fully saturated rings. The number of likely N-dealkylation sites (N-methyl/N-ethyl adjacent to an activating group) is 1. The predicted molar refractivity (Wildman–Crippen MR) is 77.6 cm³/mol. The van der Waals surface area contributed by atoms with Crippen LogP contribution in [0.5, 0.6) is 0 Å². The van der Waals surface area contributed by atoms with Crippen molar-refractivity contribution in [3.05, 3.63) is 34.2 Å². The van der Waals surface area contributed by atoms with Crippen molar-refractivity contribution >= 4 is 11.0 Å². The summed E-state index contributed by atoms with van der Waals surface area (Å²) >= 11 is 0. The summed E-state index contributed by atoms with van der Waals surface area (Å²) < 4.78 is 1.89. The molecule has 1 N–H and O–H groups in total. The van der Waals surface area contributed by atoms with Crippen LogP contribution in [0.3, 0.4) is 0 Å². The lowest BCUT2D eigenvalue weighted by Gasteiger charge is -2.32. The number of fused-ring (bicyclic) bond motifs is 1. The smallest absolute Gasteiger partial charge is 0.306 e. The minimum Gasteiger partial charge on any atom is -0.306 e. The summed E-state index contributed by atoms with van der Waals surface area (Å²) in [5, 5.41) is 0. The van der Waals surface area contributed by atoms with Gasteiger partial charge in [0.25, 0.3) is 0 Å². The largest absolute Gasteiger partial charge is 0.326 e. The normalized spacial score (nSPS) is 21.1. The van der Waals surface area contributed by atoms with Crippen molar-refractivity contribution in [2.24, 2.45) is 0 Å². The van der Waals surface area contributed by atoms with Crippen LogP contribution in [0.1, 0.15) is 24.8 Å². The highest BCUT2D eigenvalue weighted by molar-refractivity contribution is 5.75. The topological polar surface area (TPSA) is 41.0 Å². The SMILES string of the molecule is Cc1ccc2c(c1)[nH]c(=O)n2CC1CCCCN1C. The van der Waals surface area contributed by atoms with E-state index in [4.69, 9.17) is 0 Å². The van der Waals surface area contributed by atoms with Crippen molar-refractivity contribution < 1.29 is 0 Å². The maximum atomic E-state index is 12.1. The quantitative estimate of drug-likeness (QED) is 0.897. The van der Waals surface area contributed by atoms with E-state index < -0.39 is 0 Å². The van der Waals surface area contributed by atoms with Gasteiger partial charge in [-0.2, -0.15) is 0 Å². The number of hydrogen-bond acceptors (Lipinski definition) is 2. The maximum Gasteiger partial charge on any atom is 0.326 e. The van der Waals surface area contributed by atoms with Gasteiger partial charge in [-0.15, -0.1) is 0 Å². The zero-order valence-corrected chi connectivity index (χ0v) is 11.6. The molecule has 0 saturated carbocycles. The minimum atomic E-state index is 0.0135. The fraction of sp³-hybridized carbons (Fsp3) is 0.533. The zero-order valence-electron chi connectivity index (χ0n) is 11.6. The molecule has 4 nitrogen and oxygen atoms in total. The average molecular weight is 259 g/mol. The molecule has 3 rings (SSSR count). The molecule has 0 bridgehead atoms. The van der Waals surface area contributed by atoms with E-state index >= 15 is 0 Å². The Balaban J connectivity index is 1.96.